The van der Waals surface area contributed by atoms with Crippen molar-refractivity contribution >= 4 is 23.0 Å². The summed E-state index contributed by atoms with van der Waals surface area (Å²) >= 11 is 0. The van der Waals surface area contributed by atoms with Gasteiger partial charge in [0.15, 0.2) is 0 Å². The number of imide groups is 1. The van der Waals surface area contributed by atoms with Crippen LogP contribution in [-0.4, -0.2) is 34.0 Å². The van der Waals surface area contributed by atoms with Crippen LogP contribution in [0.1, 0.15) is 59.3 Å². The maximum absolute atomic E-state index is 12.3. The average Bonchev–Trinajstić information content (AvgIpc) is 3.11. The van der Waals surface area contributed by atoms with E-state index in [1.54, 1.807) is 7.05 Å². The van der Waals surface area contributed by atoms with Crippen molar-refractivity contribution in [3.63, 3.8) is 0 Å². The number of nitrogens with one attached hydrogen (secondary N) is 3. The minimum absolute atomic E-state index is 0.342. The predicted octanol–water partition coefficient (Wildman–Crippen LogP) is 3.62. The first kappa shape index (κ1) is 20.1. The van der Waals surface area contributed by atoms with Gasteiger partial charge in [0.2, 0.25) is 0 Å². The molecule has 1 fully saturated rings. The zero-order chi connectivity index (χ0) is 21.6. The topological polar surface area (TPSA) is 90.1 Å². The van der Waals surface area contributed by atoms with Crippen molar-refractivity contribution in [3.05, 3.63) is 64.0 Å². The summed E-state index contributed by atoms with van der Waals surface area (Å²) in [5, 5.41) is 3.67. The summed E-state index contributed by atoms with van der Waals surface area (Å²) in [7, 11) is 1.59. The van der Waals surface area contributed by atoms with Crippen LogP contribution in [0.3, 0.4) is 0 Å². The number of hydrogen-bond acceptors (Lipinski definition) is 4. The van der Waals surface area contributed by atoms with E-state index in [0.29, 0.717) is 5.92 Å². The van der Waals surface area contributed by atoms with Crippen LogP contribution < -0.4 is 10.7 Å². The molecule has 1 atom stereocenters. The van der Waals surface area contributed by atoms with Crippen molar-refractivity contribution in [1.82, 2.24) is 25.7 Å². The minimum Gasteiger partial charge on any atom is -0.360 e. The predicted molar refractivity (Wildman–Crippen MR) is 116 cm³/mol. The maximum Gasteiger partial charge on any atom is 0.338 e. The number of nitrogens with zero attached hydrogens (tertiary/aromatic N) is 2. The lowest BCUT2D eigenvalue weighted by Crippen LogP contribution is -2.58. The lowest BCUT2D eigenvalue weighted by Gasteiger charge is -2.31. The summed E-state index contributed by atoms with van der Waals surface area (Å²) in [5.74, 6) is 0.0637. The number of aromatic amines is 1. The van der Waals surface area contributed by atoms with E-state index < -0.39 is 12.1 Å². The Morgan fingerprint density at radius 1 is 1.13 bits per heavy atom. The summed E-state index contributed by atoms with van der Waals surface area (Å²) in [6.45, 7) is 8.44. The molecule has 3 amide bonds. The van der Waals surface area contributed by atoms with Crippen LogP contribution in [0.5, 0.6) is 0 Å². The Morgan fingerprint density at radius 3 is 2.50 bits per heavy atom. The molecule has 0 radical (unpaired) electrons. The number of pyridine rings is 1. The van der Waals surface area contributed by atoms with Gasteiger partial charge in [0, 0.05) is 25.4 Å². The number of carbonyl (C=O) groups is 2. The molecule has 3 heterocycles. The number of aryl methyl sites for hydroxylation is 2. The molecule has 7 nitrogen and oxygen atoms in total. The van der Waals surface area contributed by atoms with Gasteiger partial charge in [-0.1, -0.05) is 26.0 Å². The molecule has 0 spiro atoms. The number of fused-ring (bicyclic) bond motifs is 1. The number of aromatic nitrogens is 2. The highest BCUT2D eigenvalue weighted by Crippen LogP contribution is 2.27. The Morgan fingerprint density at radius 2 is 1.83 bits per heavy atom. The van der Waals surface area contributed by atoms with Gasteiger partial charge in [-0.05, 0) is 59.7 Å². The van der Waals surface area contributed by atoms with Crippen LogP contribution in [0, 0.1) is 13.8 Å². The van der Waals surface area contributed by atoms with E-state index in [9.17, 15) is 9.59 Å². The van der Waals surface area contributed by atoms with Crippen molar-refractivity contribution in [2.24, 2.45) is 0 Å². The molecule has 0 bridgehead atoms. The molecule has 7 heteroatoms. The van der Waals surface area contributed by atoms with Crippen LogP contribution in [0.4, 0.5) is 4.79 Å². The van der Waals surface area contributed by atoms with Crippen LogP contribution in [0.25, 0.3) is 11.0 Å². The van der Waals surface area contributed by atoms with Gasteiger partial charge in [-0.25, -0.2) is 10.2 Å². The Balaban J connectivity index is 1.64. The van der Waals surface area contributed by atoms with Gasteiger partial charge in [-0.3, -0.25) is 20.1 Å². The SMILES string of the molecule is Cc1cc(C2NN(C)C(=O)NC2=O)cc(C)c1Cc1ccc2[nH]cc(C(C)C)c2n1. The smallest absolute Gasteiger partial charge is 0.338 e. The van der Waals surface area contributed by atoms with Gasteiger partial charge < -0.3 is 4.98 Å². The van der Waals surface area contributed by atoms with E-state index in [1.165, 1.54) is 16.1 Å². The largest absolute Gasteiger partial charge is 0.360 e. The summed E-state index contributed by atoms with van der Waals surface area (Å²) in [6.07, 6.45) is 2.76. The molecule has 156 valence electrons. The van der Waals surface area contributed by atoms with Crippen molar-refractivity contribution in [3.8, 4) is 0 Å². The van der Waals surface area contributed by atoms with Gasteiger partial charge in [0.25, 0.3) is 5.91 Å². The van der Waals surface area contributed by atoms with Crippen molar-refractivity contribution < 1.29 is 9.59 Å². The zero-order valence-electron chi connectivity index (χ0n) is 18.0. The minimum atomic E-state index is -0.595. The first-order valence-corrected chi connectivity index (χ1v) is 10.2. The zero-order valence-corrected chi connectivity index (χ0v) is 18.0. The Hall–Kier alpha value is -3.19. The molecule has 1 aliphatic rings. The van der Waals surface area contributed by atoms with Gasteiger partial charge in [-0.2, -0.15) is 0 Å². The van der Waals surface area contributed by atoms with Gasteiger partial charge in [0.1, 0.15) is 6.04 Å². The van der Waals surface area contributed by atoms with Crippen LogP contribution in [0.15, 0.2) is 30.5 Å². The highest BCUT2D eigenvalue weighted by Gasteiger charge is 2.31. The fraction of sp³-hybridized carbons (Fsp3) is 0.348. The molecular weight excluding hydrogens is 378 g/mol. The molecule has 1 aliphatic heterocycles. The third-order valence-corrected chi connectivity index (χ3v) is 5.76. The molecule has 3 aromatic rings. The molecule has 30 heavy (non-hydrogen) atoms. The molecule has 1 unspecified atom stereocenters. The van der Waals surface area contributed by atoms with E-state index in [0.717, 1.165) is 39.8 Å². The lowest BCUT2D eigenvalue weighted by atomic mass is 9.92. The third-order valence-electron chi connectivity index (χ3n) is 5.76. The Kier molecular flexibility index (Phi) is 5.07. The summed E-state index contributed by atoms with van der Waals surface area (Å²) in [4.78, 5) is 32.2. The number of benzene rings is 1. The standard InChI is InChI=1S/C23H27N5O2/c1-12(2)18-11-24-19-7-6-16(25-21(18)19)10-17-13(3)8-15(9-14(17)4)20-22(29)26-23(30)28(5)27-20/h6-9,11-12,20,24,27H,10H2,1-5H3,(H,26,29,30). The molecule has 4 rings (SSSR count). The molecule has 2 aromatic heterocycles. The summed E-state index contributed by atoms with van der Waals surface area (Å²) < 4.78 is 0. The van der Waals surface area contributed by atoms with Gasteiger partial charge in [-0.15, -0.1) is 0 Å². The number of carbonyl (C=O) groups excluding carboxylic acids is 2. The second-order valence-corrected chi connectivity index (χ2v) is 8.32. The average molecular weight is 406 g/mol. The molecule has 0 saturated carbocycles. The second-order valence-electron chi connectivity index (χ2n) is 8.32. The van der Waals surface area contributed by atoms with E-state index in [2.05, 4.69) is 55.6 Å². The number of hydrogen-bond donors (Lipinski definition) is 3. The second kappa shape index (κ2) is 7.57. The quantitative estimate of drug-likeness (QED) is 0.618. The highest BCUT2D eigenvalue weighted by molar-refractivity contribution is 5.99. The third kappa shape index (κ3) is 3.57. The van der Waals surface area contributed by atoms with Crippen LogP contribution >= 0.6 is 0 Å². The molecule has 1 aromatic carbocycles. The first-order chi connectivity index (χ1) is 14.2. The number of rotatable bonds is 4. The van der Waals surface area contributed by atoms with E-state index in [4.69, 9.17) is 4.98 Å². The number of urea groups is 1. The van der Waals surface area contributed by atoms with Crippen LogP contribution in [0.2, 0.25) is 0 Å². The molecular formula is C23H27N5O2. The molecule has 0 aliphatic carbocycles. The molecule has 3 N–H and O–H groups in total. The molecule has 1 saturated heterocycles. The first-order valence-electron chi connectivity index (χ1n) is 10.2. The Labute approximate surface area is 175 Å². The van der Waals surface area contributed by atoms with Crippen molar-refractivity contribution in [2.75, 3.05) is 7.05 Å². The van der Waals surface area contributed by atoms with E-state index in [1.807, 2.05) is 18.3 Å². The summed E-state index contributed by atoms with van der Waals surface area (Å²) in [6, 6.07) is 7.13. The number of hydrazine groups is 1. The van der Waals surface area contributed by atoms with E-state index in [-0.39, 0.29) is 5.91 Å². The fourth-order valence-corrected chi connectivity index (χ4v) is 4.05. The Bertz CT molecular complexity index is 1120. The monoisotopic (exact) mass is 405 g/mol. The van der Waals surface area contributed by atoms with Crippen molar-refractivity contribution in [2.45, 2.75) is 46.1 Å². The van der Waals surface area contributed by atoms with Gasteiger partial charge >= 0.3 is 6.03 Å². The maximum atomic E-state index is 12.3. The van der Waals surface area contributed by atoms with Crippen LogP contribution in [-0.2, 0) is 11.2 Å². The number of H-pyrrole nitrogens is 1. The normalized spacial score (nSPS) is 17.1. The summed E-state index contributed by atoms with van der Waals surface area (Å²) in [5.41, 5.74) is 11.5. The highest BCUT2D eigenvalue weighted by atomic mass is 16.2. The van der Waals surface area contributed by atoms with E-state index >= 15 is 0 Å². The van der Waals surface area contributed by atoms with Gasteiger partial charge in [0.05, 0.1) is 11.0 Å². The number of amides is 3. The van der Waals surface area contributed by atoms with Crippen molar-refractivity contribution in [1.29, 1.82) is 0 Å². The fourth-order valence-electron chi connectivity index (χ4n) is 4.05. The lowest BCUT2D eigenvalue weighted by molar-refractivity contribution is -0.125.